The molecule has 0 aromatic heterocycles. The Hall–Kier alpha value is -2.24. The lowest BCUT2D eigenvalue weighted by molar-refractivity contribution is 0.0280. The predicted molar refractivity (Wildman–Crippen MR) is 78.0 cm³/mol. The number of fused-ring (bicyclic) bond motifs is 1. The van der Waals surface area contributed by atoms with E-state index in [2.05, 4.69) is 0 Å². The van der Waals surface area contributed by atoms with Gasteiger partial charge in [0.15, 0.2) is 11.5 Å². The molecule has 1 aliphatic rings. The maximum atomic E-state index is 10.1. The SMILES string of the molecule is Nc1ccccc1C(O)COCc1ccc2c(c1)OCO2. The normalized spacial score (nSPS) is 14.1. The smallest absolute Gasteiger partial charge is 0.231 e. The third-order valence-corrected chi connectivity index (χ3v) is 3.34. The van der Waals surface area contributed by atoms with Crippen LogP contribution in [-0.2, 0) is 11.3 Å². The average Bonchev–Trinajstić information content (AvgIpc) is 2.95. The number of nitrogens with two attached hydrogens (primary N) is 1. The first-order chi connectivity index (χ1) is 10.2. The summed E-state index contributed by atoms with van der Waals surface area (Å²) in [7, 11) is 0. The number of ether oxygens (including phenoxy) is 3. The minimum Gasteiger partial charge on any atom is -0.454 e. The first-order valence-electron chi connectivity index (χ1n) is 6.73. The number of para-hydroxylation sites is 1. The Kier molecular flexibility index (Phi) is 3.94. The molecule has 1 heterocycles. The molecule has 1 aliphatic heterocycles. The second-order valence-electron chi connectivity index (χ2n) is 4.85. The Morgan fingerprint density at radius 1 is 1.14 bits per heavy atom. The molecular weight excluding hydrogens is 270 g/mol. The highest BCUT2D eigenvalue weighted by atomic mass is 16.7. The zero-order chi connectivity index (χ0) is 14.7. The standard InChI is InChI=1S/C16H17NO4/c17-13-4-2-1-3-12(13)14(18)9-19-8-11-5-6-15-16(7-11)21-10-20-15/h1-7,14,18H,8-10,17H2. The lowest BCUT2D eigenvalue weighted by Crippen LogP contribution is -2.09. The summed E-state index contributed by atoms with van der Waals surface area (Å²) in [5.74, 6) is 1.47. The molecule has 5 nitrogen and oxygen atoms in total. The van der Waals surface area contributed by atoms with Gasteiger partial charge in [-0.1, -0.05) is 24.3 Å². The second-order valence-corrected chi connectivity index (χ2v) is 4.85. The Bertz CT molecular complexity index is 629. The third-order valence-electron chi connectivity index (χ3n) is 3.34. The fourth-order valence-electron chi connectivity index (χ4n) is 2.22. The Balaban J connectivity index is 1.55. The van der Waals surface area contributed by atoms with Crippen molar-refractivity contribution in [3.05, 3.63) is 53.6 Å². The van der Waals surface area contributed by atoms with Gasteiger partial charge in [-0.3, -0.25) is 0 Å². The van der Waals surface area contributed by atoms with Crippen molar-refractivity contribution in [3.8, 4) is 11.5 Å². The molecule has 0 spiro atoms. The van der Waals surface area contributed by atoms with Crippen LogP contribution in [0, 0.1) is 0 Å². The summed E-state index contributed by atoms with van der Waals surface area (Å²) in [6.07, 6.45) is -0.736. The fraction of sp³-hybridized carbons (Fsp3) is 0.250. The molecule has 0 radical (unpaired) electrons. The maximum Gasteiger partial charge on any atom is 0.231 e. The molecule has 0 bridgehead atoms. The molecular formula is C16H17NO4. The molecule has 0 aliphatic carbocycles. The highest BCUT2D eigenvalue weighted by Gasteiger charge is 2.14. The van der Waals surface area contributed by atoms with E-state index in [9.17, 15) is 5.11 Å². The summed E-state index contributed by atoms with van der Waals surface area (Å²) in [6, 6.07) is 12.9. The summed E-state index contributed by atoms with van der Waals surface area (Å²) < 4.78 is 16.1. The quantitative estimate of drug-likeness (QED) is 0.825. The van der Waals surface area contributed by atoms with Gasteiger partial charge in [0, 0.05) is 11.3 Å². The minimum absolute atomic E-state index is 0.183. The van der Waals surface area contributed by atoms with Crippen LogP contribution in [0.3, 0.4) is 0 Å². The van der Waals surface area contributed by atoms with Crippen molar-refractivity contribution >= 4 is 5.69 Å². The molecule has 0 saturated heterocycles. The highest BCUT2D eigenvalue weighted by molar-refractivity contribution is 5.47. The zero-order valence-electron chi connectivity index (χ0n) is 11.5. The Labute approximate surface area is 122 Å². The molecule has 3 N–H and O–H groups in total. The van der Waals surface area contributed by atoms with Crippen molar-refractivity contribution < 1.29 is 19.3 Å². The maximum absolute atomic E-state index is 10.1. The van der Waals surface area contributed by atoms with E-state index in [1.54, 1.807) is 12.1 Å². The van der Waals surface area contributed by atoms with Gasteiger partial charge in [0.25, 0.3) is 0 Å². The molecule has 1 unspecified atom stereocenters. The molecule has 0 fully saturated rings. The van der Waals surface area contributed by atoms with Crippen molar-refractivity contribution in [3.63, 3.8) is 0 Å². The number of rotatable bonds is 5. The minimum atomic E-state index is -0.736. The van der Waals surface area contributed by atoms with Crippen molar-refractivity contribution in [2.45, 2.75) is 12.7 Å². The first kappa shape index (κ1) is 13.7. The summed E-state index contributed by atoms with van der Waals surface area (Å²) in [4.78, 5) is 0. The molecule has 2 aromatic carbocycles. The van der Waals surface area contributed by atoms with Crippen LogP contribution in [-0.4, -0.2) is 18.5 Å². The number of hydrogen-bond donors (Lipinski definition) is 2. The van der Waals surface area contributed by atoms with Gasteiger partial charge in [-0.2, -0.15) is 0 Å². The van der Waals surface area contributed by atoms with Gasteiger partial charge in [0.05, 0.1) is 13.2 Å². The van der Waals surface area contributed by atoms with Crippen LogP contribution >= 0.6 is 0 Å². The topological polar surface area (TPSA) is 73.9 Å². The highest BCUT2D eigenvalue weighted by Crippen LogP contribution is 2.32. The molecule has 0 saturated carbocycles. The Morgan fingerprint density at radius 3 is 2.81 bits per heavy atom. The van der Waals surface area contributed by atoms with Crippen LogP contribution in [0.25, 0.3) is 0 Å². The number of aliphatic hydroxyl groups excluding tert-OH is 1. The third kappa shape index (κ3) is 3.09. The van der Waals surface area contributed by atoms with Crippen LogP contribution < -0.4 is 15.2 Å². The van der Waals surface area contributed by atoms with E-state index < -0.39 is 6.10 Å². The van der Waals surface area contributed by atoms with Crippen LogP contribution in [0.1, 0.15) is 17.2 Å². The Morgan fingerprint density at radius 2 is 1.95 bits per heavy atom. The molecule has 21 heavy (non-hydrogen) atoms. The predicted octanol–water partition coefficient (Wildman–Crippen LogP) is 2.25. The first-order valence-corrected chi connectivity index (χ1v) is 6.73. The van der Waals surface area contributed by atoms with Gasteiger partial charge < -0.3 is 25.1 Å². The van der Waals surface area contributed by atoms with Gasteiger partial charge in [-0.15, -0.1) is 0 Å². The van der Waals surface area contributed by atoms with E-state index in [1.165, 1.54) is 0 Å². The van der Waals surface area contributed by atoms with Gasteiger partial charge in [0.1, 0.15) is 6.10 Å². The van der Waals surface area contributed by atoms with Gasteiger partial charge in [0.2, 0.25) is 6.79 Å². The lowest BCUT2D eigenvalue weighted by atomic mass is 10.1. The molecule has 3 rings (SSSR count). The zero-order valence-corrected chi connectivity index (χ0v) is 11.5. The van der Waals surface area contributed by atoms with E-state index in [0.29, 0.717) is 17.9 Å². The number of benzene rings is 2. The summed E-state index contributed by atoms with van der Waals surface area (Å²) in [5.41, 5.74) is 8.03. The molecule has 5 heteroatoms. The average molecular weight is 287 g/mol. The lowest BCUT2D eigenvalue weighted by Gasteiger charge is -2.13. The molecule has 110 valence electrons. The monoisotopic (exact) mass is 287 g/mol. The van der Waals surface area contributed by atoms with Crippen LogP contribution in [0.5, 0.6) is 11.5 Å². The van der Waals surface area contributed by atoms with Crippen LogP contribution in [0.2, 0.25) is 0 Å². The van der Waals surface area contributed by atoms with Crippen molar-refractivity contribution in [2.24, 2.45) is 0 Å². The molecule has 0 amide bonds. The van der Waals surface area contributed by atoms with E-state index in [1.807, 2.05) is 30.3 Å². The summed E-state index contributed by atoms with van der Waals surface area (Å²) in [6.45, 7) is 0.828. The van der Waals surface area contributed by atoms with Gasteiger partial charge in [-0.05, 0) is 23.8 Å². The number of hydrogen-bond acceptors (Lipinski definition) is 5. The van der Waals surface area contributed by atoms with Crippen LogP contribution in [0.4, 0.5) is 5.69 Å². The van der Waals surface area contributed by atoms with Crippen LogP contribution in [0.15, 0.2) is 42.5 Å². The van der Waals surface area contributed by atoms with E-state index >= 15 is 0 Å². The summed E-state index contributed by atoms with van der Waals surface area (Å²) in [5, 5.41) is 10.1. The number of anilines is 1. The van der Waals surface area contributed by atoms with E-state index in [-0.39, 0.29) is 13.4 Å². The van der Waals surface area contributed by atoms with Gasteiger partial charge in [-0.25, -0.2) is 0 Å². The molecule has 1 atom stereocenters. The molecule has 2 aromatic rings. The fourth-order valence-corrected chi connectivity index (χ4v) is 2.22. The number of aliphatic hydroxyl groups is 1. The number of nitrogen functional groups attached to an aromatic ring is 1. The van der Waals surface area contributed by atoms with E-state index in [4.69, 9.17) is 19.9 Å². The largest absolute Gasteiger partial charge is 0.454 e. The van der Waals surface area contributed by atoms with Gasteiger partial charge >= 0.3 is 0 Å². The summed E-state index contributed by atoms with van der Waals surface area (Å²) >= 11 is 0. The second kappa shape index (κ2) is 6.03. The van der Waals surface area contributed by atoms with Crippen molar-refractivity contribution in [1.82, 2.24) is 0 Å². The van der Waals surface area contributed by atoms with Crippen molar-refractivity contribution in [2.75, 3.05) is 19.1 Å². The van der Waals surface area contributed by atoms with Crippen molar-refractivity contribution in [1.29, 1.82) is 0 Å². The van der Waals surface area contributed by atoms with E-state index in [0.717, 1.165) is 17.1 Å².